The molecule has 0 aliphatic heterocycles. The standard InChI is InChI=1S/C12H21ClN4O/c1-10-11(13)9-17(15-10)8-5-12(18)14-6-4-7-16(2)3/h9H,4-8H2,1-3H3,(H,14,18). The Kier molecular flexibility index (Phi) is 6.15. The van der Waals surface area contributed by atoms with Gasteiger partial charge in [0.25, 0.3) is 0 Å². The molecular weight excluding hydrogens is 252 g/mol. The fourth-order valence-electron chi connectivity index (χ4n) is 1.54. The molecule has 1 aromatic rings. The average molecular weight is 273 g/mol. The number of aromatic nitrogens is 2. The summed E-state index contributed by atoms with van der Waals surface area (Å²) in [4.78, 5) is 13.7. The van der Waals surface area contributed by atoms with Gasteiger partial charge in [-0.3, -0.25) is 9.48 Å². The first kappa shape index (κ1) is 15.0. The van der Waals surface area contributed by atoms with E-state index < -0.39 is 0 Å². The molecule has 0 radical (unpaired) electrons. The summed E-state index contributed by atoms with van der Waals surface area (Å²) >= 11 is 5.89. The number of hydrogen-bond acceptors (Lipinski definition) is 3. The Hall–Kier alpha value is -1.07. The summed E-state index contributed by atoms with van der Waals surface area (Å²) in [5, 5.41) is 7.73. The average Bonchev–Trinajstić information content (AvgIpc) is 2.61. The maximum Gasteiger partial charge on any atom is 0.221 e. The van der Waals surface area contributed by atoms with Gasteiger partial charge >= 0.3 is 0 Å². The van der Waals surface area contributed by atoms with E-state index in [1.54, 1.807) is 10.9 Å². The second-order valence-electron chi connectivity index (χ2n) is 4.58. The zero-order valence-corrected chi connectivity index (χ0v) is 12.0. The number of carbonyl (C=O) groups is 1. The number of nitrogens with zero attached hydrogens (tertiary/aromatic N) is 3. The molecule has 5 nitrogen and oxygen atoms in total. The van der Waals surface area contributed by atoms with Crippen molar-refractivity contribution in [1.82, 2.24) is 20.0 Å². The fraction of sp³-hybridized carbons (Fsp3) is 0.667. The van der Waals surface area contributed by atoms with Gasteiger partial charge in [0.2, 0.25) is 5.91 Å². The van der Waals surface area contributed by atoms with Crippen LogP contribution in [0.3, 0.4) is 0 Å². The van der Waals surface area contributed by atoms with E-state index in [0.717, 1.165) is 25.2 Å². The Bertz CT molecular complexity index is 370. The molecule has 0 spiro atoms. The molecule has 1 amide bonds. The molecule has 0 saturated carbocycles. The van der Waals surface area contributed by atoms with E-state index in [0.29, 0.717) is 18.0 Å². The highest BCUT2D eigenvalue weighted by molar-refractivity contribution is 6.31. The van der Waals surface area contributed by atoms with Crippen molar-refractivity contribution < 1.29 is 4.79 Å². The number of amides is 1. The van der Waals surface area contributed by atoms with E-state index in [1.165, 1.54) is 0 Å². The summed E-state index contributed by atoms with van der Waals surface area (Å²) in [5.41, 5.74) is 0.794. The highest BCUT2D eigenvalue weighted by atomic mass is 35.5. The Balaban J connectivity index is 2.17. The fourth-order valence-corrected chi connectivity index (χ4v) is 1.69. The van der Waals surface area contributed by atoms with Crippen LogP contribution in [0.2, 0.25) is 5.02 Å². The van der Waals surface area contributed by atoms with E-state index in [4.69, 9.17) is 11.6 Å². The van der Waals surface area contributed by atoms with Gasteiger partial charge in [-0.25, -0.2) is 0 Å². The molecule has 0 aliphatic carbocycles. The SMILES string of the molecule is Cc1nn(CCC(=O)NCCCN(C)C)cc1Cl. The minimum Gasteiger partial charge on any atom is -0.356 e. The first-order valence-electron chi connectivity index (χ1n) is 6.10. The van der Waals surface area contributed by atoms with Crippen molar-refractivity contribution in [2.45, 2.75) is 26.3 Å². The van der Waals surface area contributed by atoms with Crippen molar-refractivity contribution in [3.05, 3.63) is 16.9 Å². The van der Waals surface area contributed by atoms with Gasteiger partial charge in [-0.2, -0.15) is 5.10 Å². The Morgan fingerprint density at radius 1 is 1.56 bits per heavy atom. The van der Waals surface area contributed by atoms with Crippen LogP contribution in [-0.4, -0.2) is 47.8 Å². The second-order valence-corrected chi connectivity index (χ2v) is 4.99. The summed E-state index contributed by atoms with van der Waals surface area (Å²) in [6.45, 7) is 4.11. The number of rotatable bonds is 7. The van der Waals surface area contributed by atoms with Gasteiger partial charge in [0.05, 0.1) is 10.7 Å². The van der Waals surface area contributed by atoms with Crippen LogP contribution in [0, 0.1) is 6.92 Å². The lowest BCUT2D eigenvalue weighted by atomic mass is 10.3. The first-order valence-corrected chi connectivity index (χ1v) is 6.48. The molecule has 1 N–H and O–H groups in total. The molecule has 0 aliphatic rings. The summed E-state index contributed by atoms with van der Waals surface area (Å²) in [6.07, 6.45) is 3.14. The molecule has 0 unspecified atom stereocenters. The van der Waals surface area contributed by atoms with Gasteiger partial charge in [-0.05, 0) is 34.0 Å². The third-order valence-corrected chi connectivity index (χ3v) is 2.93. The lowest BCUT2D eigenvalue weighted by molar-refractivity contribution is -0.121. The number of nitrogens with one attached hydrogen (secondary N) is 1. The molecule has 1 rings (SSSR count). The van der Waals surface area contributed by atoms with Gasteiger partial charge in [0.1, 0.15) is 0 Å². The second kappa shape index (κ2) is 7.38. The molecule has 0 saturated heterocycles. The lowest BCUT2D eigenvalue weighted by Gasteiger charge is -2.09. The number of carbonyl (C=O) groups excluding carboxylic acids is 1. The largest absolute Gasteiger partial charge is 0.356 e. The van der Waals surface area contributed by atoms with Crippen LogP contribution < -0.4 is 5.32 Å². The van der Waals surface area contributed by atoms with Gasteiger partial charge in [0, 0.05) is 25.7 Å². The molecule has 0 bridgehead atoms. The van der Waals surface area contributed by atoms with Crippen LogP contribution in [-0.2, 0) is 11.3 Å². The predicted octanol–water partition coefficient (Wildman–Crippen LogP) is 1.30. The van der Waals surface area contributed by atoms with Crippen LogP contribution in [0.1, 0.15) is 18.5 Å². The third kappa shape index (κ3) is 5.51. The predicted molar refractivity (Wildman–Crippen MR) is 72.8 cm³/mol. The van der Waals surface area contributed by atoms with Crippen LogP contribution in [0.5, 0.6) is 0 Å². The Morgan fingerprint density at radius 2 is 2.28 bits per heavy atom. The van der Waals surface area contributed by atoms with Crippen molar-refractivity contribution >= 4 is 17.5 Å². The Labute approximate surface area is 113 Å². The van der Waals surface area contributed by atoms with Crippen molar-refractivity contribution in [3.63, 3.8) is 0 Å². The monoisotopic (exact) mass is 272 g/mol. The highest BCUT2D eigenvalue weighted by Gasteiger charge is 2.05. The molecular formula is C12H21ClN4O. The van der Waals surface area contributed by atoms with E-state index in [9.17, 15) is 4.79 Å². The minimum atomic E-state index is 0.0537. The molecule has 1 heterocycles. The molecule has 0 aromatic carbocycles. The number of halogens is 1. The number of aryl methyl sites for hydroxylation is 2. The maximum absolute atomic E-state index is 11.6. The van der Waals surface area contributed by atoms with E-state index in [1.807, 2.05) is 21.0 Å². The number of hydrogen-bond donors (Lipinski definition) is 1. The van der Waals surface area contributed by atoms with Crippen LogP contribution in [0.25, 0.3) is 0 Å². The molecule has 0 fully saturated rings. The minimum absolute atomic E-state index is 0.0537. The lowest BCUT2D eigenvalue weighted by Crippen LogP contribution is -2.27. The summed E-state index contributed by atoms with van der Waals surface area (Å²) in [5.74, 6) is 0.0537. The smallest absolute Gasteiger partial charge is 0.221 e. The maximum atomic E-state index is 11.6. The van der Waals surface area contributed by atoms with Gasteiger partial charge in [-0.15, -0.1) is 0 Å². The van der Waals surface area contributed by atoms with Crippen LogP contribution in [0.15, 0.2) is 6.20 Å². The molecule has 102 valence electrons. The summed E-state index contributed by atoms with van der Waals surface area (Å²) in [6, 6.07) is 0. The van der Waals surface area contributed by atoms with Gasteiger partial charge in [-0.1, -0.05) is 11.6 Å². The quantitative estimate of drug-likeness (QED) is 0.762. The van der Waals surface area contributed by atoms with E-state index in [2.05, 4.69) is 15.3 Å². The van der Waals surface area contributed by atoms with Crippen molar-refractivity contribution in [1.29, 1.82) is 0 Å². The molecule has 0 atom stereocenters. The Morgan fingerprint density at radius 3 is 2.83 bits per heavy atom. The molecule has 6 heteroatoms. The molecule has 1 aromatic heterocycles. The zero-order valence-electron chi connectivity index (χ0n) is 11.2. The summed E-state index contributed by atoms with van der Waals surface area (Å²) < 4.78 is 1.71. The molecule has 18 heavy (non-hydrogen) atoms. The topological polar surface area (TPSA) is 50.2 Å². The normalized spacial score (nSPS) is 10.9. The van der Waals surface area contributed by atoms with Crippen molar-refractivity contribution in [2.75, 3.05) is 27.2 Å². The highest BCUT2D eigenvalue weighted by Crippen LogP contribution is 2.11. The van der Waals surface area contributed by atoms with E-state index in [-0.39, 0.29) is 5.91 Å². The zero-order chi connectivity index (χ0) is 13.5. The van der Waals surface area contributed by atoms with Crippen LogP contribution >= 0.6 is 11.6 Å². The van der Waals surface area contributed by atoms with Gasteiger partial charge in [0.15, 0.2) is 0 Å². The summed E-state index contributed by atoms with van der Waals surface area (Å²) in [7, 11) is 4.04. The first-order chi connectivity index (χ1) is 8.49. The van der Waals surface area contributed by atoms with Crippen LogP contribution in [0.4, 0.5) is 0 Å². The van der Waals surface area contributed by atoms with Crippen molar-refractivity contribution in [3.8, 4) is 0 Å². The van der Waals surface area contributed by atoms with Gasteiger partial charge < -0.3 is 10.2 Å². The van der Waals surface area contributed by atoms with Crippen molar-refractivity contribution in [2.24, 2.45) is 0 Å². The third-order valence-electron chi connectivity index (χ3n) is 2.56. The van der Waals surface area contributed by atoms with E-state index >= 15 is 0 Å².